The highest BCUT2D eigenvalue weighted by molar-refractivity contribution is 5.79. The molecule has 1 aliphatic rings. The number of benzene rings is 1. The Balaban J connectivity index is 2.03. The lowest BCUT2D eigenvalue weighted by Gasteiger charge is -2.30. The van der Waals surface area contributed by atoms with Crippen molar-refractivity contribution in [3.8, 4) is 0 Å². The van der Waals surface area contributed by atoms with Gasteiger partial charge in [0.1, 0.15) is 5.82 Å². The van der Waals surface area contributed by atoms with Crippen LogP contribution in [0.1, 0.15) is 32.3 Å². The maximum Gasteiger partial charge on any atom is 0.225 e. The van der Waals surface area contributed by atoms with Gasteiger partial charge in [0.2, 0.25) is 5.91 Å². The van der Waals surface area contributed by atoms with Crippen molar-refractivity contribution in [3.05, 3.63) is 35.6 Å². The highest BCUT2D eigenvalue weighted by Crippen LogP contribution is 2.21. The van der Waals surface area contributed by atoms with Crippen LogP contribution in [0, 0.1) is 11.7 Å². The summed E-state index contributed by atoms with van der Waals surface area (Å²) in [6.07, 6.45) is 1.97. The van der Waals surface area contributed by atoms with Crippen molar-refractivity contribution < 1.29 is 9.18 Å². The molecule has 2 rings (SSSR count). The molecule has 1 fully saturated rings. The predicted octanol–water partition coefficient (Wildman–Crippen LogP) is 2.18. The molecule has 0 spiro atoms. The van der Waals surface area contributed by atoms with Gasteiger partial charge in [-0.15, -0.1) is 0 Å². The van der Waals surface area contributed by atoms with E-state index in [2.05, 4.69) is 10.6 Å². The third kappa shape index (κ3) is 3.53. The van der Waals surface area contributed by atoms with Crippen LogP contribution in [0.4, 0.5) is 4.39 Å². The summed E-state index contributed by atoms with van der Waals surface area (Å²) in [5, 5.41) is 6.30. The molecule has 1 aromatic rings. The van der Waals surface area contributed by atoms with Crippen LogP contribution in [0.25, 0.3) is 0 Å². The van der Waals surface area contributed by atoms with Gasteiger partial charge in [-0.05, 0) is 50.9 Å². The molecular weight excluding hydrogens is 243 g/mol. The predicted molar refractivity (Wildman–Crippen MR) is 73.2 cm³/mol. The van der Waals surface area contributed by atoms with Gasteiger partial charge in [0.05, 0.1) is 11.5 Å². The highest BCUT2D eigenvalue weighted by atomic mass is 19.1. The topological polar surface area (TPSA) is 41.1 Å². The molecular formula is C15H21FN2O. The van der Waals surface area contributed by atoms with E-state index < -0.39 is 5.54 Å². The third-order valence-corrected chi connectivity index (χ3v) is 3.67. The first-order valence-electron chi connectivity index (χ1n) is 6.78. The SMILES string of the molecule is CC(C)(NC(=O)C1CCCNC1)c1ccc(F)cc1. The number of hydrogen-bond donors (Lipinski definition) is 2. The van der Waals surface area contributed by atoms with E-state index in [1.165, 1.54) is 12.1 Å². The van der Waals surface area contributed by atoms with E-state index in [9.17, 15) is 9.18 Å². The Morgan fingerprint density at radius 1 is 1.37 bits per heavy atom. The molecule has 0 saturated carbocycles. The normalized spacial score (nSPS) is 20.1. The molecule has 1 amide bonds. The van der Waals surface area contributed by atoms with Gasteiger partial charge >= 0.3 is 0 Å². The minimum atomic E-state index is -0.484. The van der Waals surface area contributed by atoms with Crippen LogP contribution in [0.3, 0.4) is 0 Å². The second kappa shape index (κ2) is 5.70. The summed E-state index contributed by atoms with van der Waals surface area (Å²) in [6, 6.07) is 6.28. The summed E-state index contributed by atoms with van der Waals surface area (Å²) >= 11 is 0. The van der Waals surface area contributed by atoms with Crippen LogP contribution in [0.2, 0.25) is 0 Å². The minimum absolute atomic E-state index is 0.0356. The van der Waals surface area contributed by atoms with Crippen LogP contribution in [0.5, 0.6) is 0 Å². The molecule has 0 radical (unpaired) electrons. The maximum atomic E-state index is 12.9. The molecule has 0 bridgehead atoms. The molecule has 104 valence electrons. The van der Waals surface area contributed by atoms with Gasteiger partial charge in [-0.3, -0.25) is 4.79 Å². The first-order valence-corrected chi connectivity index (χ1v) is 6.78. The maximum absolute atomic E-state index is 12.9. The summed E-state index contributed by atoms with van der Waals surface area (Å²) in [4.78, 5) is 12.2. The summed E-state index contributed by atoms with van der Waals surface area (Å²) in [5.74, 6) is -0.155. The van der Waals surface area contributed by atoms with Gasteiger partial charge in [0.25, 0.3) is 0 Å². The van der Waals surface area contributed by atoms with Crippen molar-refractivity contribution in [2.24, 2.45) is 5.92 Å². The van der Waals surface area contributed by atoms with E-state index in [4.69, 9.17) is 0 Å². The number of amides is 1. The molecule has 1 saturated heterocycles. The third-order valence-electron chi connectivity index (χ3n) is 3.67. The fourth-order valence-electron chi connectivity index (χ4n) is 2.42. The van der Waals surface area contributed by atoms with Crippen molar-refractivity contribution in [1.82, 2.24) is 10.6 Å². The summed E-state index contributed by atoms with van der Waals surface area (Å²) in [5.41, 5.74) is 0.424. The van der Waals surface area contributed by atoms with Gasteiger partial charge in [0, 0.05) is 6.54 Å². The molecule has 3 nitrogen and oxygen atoms in total. The smallest absolute Gasteiger partial charge is 0.225 e. The lowest BCUT2D eigenvalue weighted by Crippen LogP contribution is -2.47. The fourth-order valence-corrected chi connectivity index (χ4v) is 2.42. The van der Waals surface area contributed by atoms with E-state index in [1.54, 1.807) is 12.1 Å². The average Bonchev–Trinajstić information content (AvgIpc) is 2.40. The van der Waals surface area contributed by atoms with Crippen molar-refractivity contribution >= 4 is 5.91 Å². The highest BCUT2D eigenvalue weighted by Gasteiger charge is 2.28. The molecule has 0 aliphatic carbocycles. The second-order valence-corrected chi connectivity index (χ2v) is 5.66. The minimum Gasteiger partial charge on any atom is -0.347 e. The standard InChI is InChI=1S/C15H21FN2O/c1-15(2,12-5-7-13(16)8-6-12)18-14(19)11-4-3-9-17-10-11/h5-8,11,17H,3-4,9-10H2,1-2H3,(H,18,19). The van der Waals surface area contributed by atoms with E-state index in [0.717, 1.165) is 31.5 Å². The molecule has 19 heavy (non-hydrogen) atoms. The van der Waals surface area contributed by atoms with Gasteiger partial charge in [-0.25, -0.2) is 4.39 Å². The Bertz CT molecular complexity index is 436. The van der Waals surface area contributed by atoms with Crippen LogP contribution < -0.4 is 10.6 Å². The lowest BCUT2D eigenvalue weighted by molar-refractivity contribution is -0.127. The number of carbonyl (C=O) groups is 1. The Kier molecular flexibility index (Phi) is 4.20. The first-order chi connectivity index (χ1) is 8.99. The summed E-state index contributed by atoms with van der Waals surface area (Å²) < 4.78 is 12.9. The number of nitrogens with one attached hydrogen (secondary N) is 2. The fraction of sp³-hybridized carbons (Fsp3) is 0.533. The largest absolute Gasteiger partial charge is 0.347 e. The zero-order valence-electron chi connectivity index (χ0n) is 11.5. The van der Waals surface area contributed by atoms with E-state index in [0.29, 0.717) is 0 Å². The Morgan fingerprint density at radius 3 is 2.63 bits per heavy atom. The van der Waals surface area contributed by atoms with Crippen LogP contribution in [0.15, 0.2) is 24.3 Å². The number of hydrogen-bond acceptors (Lipinski definition) is 2. The van der Waals surface area contributed by atoms with E-state index in [-0.39, 0.29) is 17.6 Å². The number of carbonyl (C=O) groups excluding carboxylic acids is 1. The van der Waals surface area contributed by atoms with Gasteiger partial charge < -0.3 is 10.6 Å². The average molecular weight is 264 g/mol. The van der Waals surface area contributed by atoms with Crippen LogP contribution in [-0.2, 0) is 10.3 Å². The van der Waals surface area contributed by atoms with E-state index in [1.807, 2.05) is 13.8 Å². The summed E-state index contributed by atoms with van der Waals surface area (Å²) in [7, 11) is 0. The molecule has 1 heterocycles. The molecule has 0 aromatic heterocycles. The Hall–Kier alpha value is -1.42. The quantitative estimate of drug-likeness (QED) is 0.878. The van der Waals surface area contributed by atoms with Gasteiger partial charge in [-0.2, -0.15) is 0 Å². The van der Waals surface area contributed by atoms with Crippen molar-refractivity contribution in [1.29, 1.82) is 0 Å². The van der Waals surface area contributed by atoms with Crippen LogP contribution in [-0.4, -0.2) is 19.0 Å². The monoisotopic (exact) mass is 264 g/mol. The number of halogens is 1. The van der Waals surface area contributed by atoms with Gasteiger partial charge in [0.15, 0.2) is 0 Å². The molecule has 1 unspecified atom stereocenters. The van der Waals surface area contributed by atoms with Crippen molar-refractivity contribution in [3.63, 3.8) is 0 Å². The molecule has 4 heteroatoms. The Morgan fingerprint density at radius 2 is 2.05 bits per heavy atom. The van der Waals surface area contributed by atoms with Crippen molar-refractivity contribution in [2.75, 3.05) is 13.1 Å². The van der Waals surface area contributed by atoms with Crippen molar-refractivity contribution in [2.45, 2.75) is 32.2 Å². The first kappa shape index (κ1) is 14.0. The molecule has 1 atom stereocenters. The second-order valence-electron chi connectivity index (χ2n) is 5.66. The number of piperidine rings is 1. The lowest BCUT2D eigenvalue weighted by atomic mass is 9.91. The zero-order chi connectivity index (χ0) is 13.9. The van der Waals surface area contributed by atoms with Crippen LogP contribution >= 0.6 is 0 Å². The Labute approximate surface area is 113 Å². The summed E-state index contributed by atoms with van der Waals surface area (Å²) in [6.45, 7) is 5.61. The number of rotatable bonds is 3. The molecule has 1 aromatic carbocycles. The molecule has 1 aliphatic heterocycles. The zero-order valence-corrected chi connectivity index (χ0v) is 11.5. The van der Waals surface area contributed by atoms with E-state index >= 15 is 0 Å². The molecule has 2 N–H and O–H groups in total. The van der Waals surface area contributed by atoms with Gasteiger partial charge in [-0.1, -0.05) is 12.1 Å².